The first-order valence-corrected chi connectivity index (χ1v) is 5.19. The fourth-order valence-electron chi connectivity index (χ4n) is 1.31. The Labute approximate surface area is 92.4 Å². The van der Waals surface area contributed by atoms with Crippen LogP contribution in [0.4, 0.5) is 0 Å². The Morgan fingerprint density at radius 1 is 0.667 bits per heavy atom. The lowest BCUT2D eigenvalue weighted by molar-refractivity contribution is -0.119. The maximum Gasteiger partial charge on any atom is 0.217 e. The highest BCUT2D eigenvalue weighted by Gasteiger charge is 1.96. The van der Waals surface area contributed by atoms with Gasteiger partial charge in [0.2, 0.25) is 11.8 Å². The predicted molar refractivity (Wildman–Crippen MR) is 62.1 cm³/mol. The summed E-state index contributed by atoms with van der Waals surface area (Å²) in [4.78, 5) is 20.8. The molecule has 0 heterocycles. The molecular weight excluding hydrogens is 192 g/mol. The smallest absolute Gasteiger partial charge is 0.217 e. The van der Waals surface area contributed by atoms with Crippen LogP contribution in [-0.4, -0.2) is 11.8 Å². The van der Waals surface area contributed by atoms with Crippen LogP contribution in [0.2, 0.25) is 0 Å². The van der Waals surface area contributed by atoms with Gasteiger partial charge in [-0.3, -0.25) is 9.59 Å². The predicted octanol–water partition coefficient (Wildman–Crippen LogP) is 1.71. The van der Waals surface area contributed by atoms with Crippen molar-refractivity contribution in [1.82, 2.24) is 0 Å². The first-order chi connectivity index (χ1) is 6.63. The molecule has 0 aliphatic carbocycles. The molecule has 2 amide bonds. The Morgan fingerprint density at radius 3 is 1.20 bits per heavy atom. The summed E-state index contributed by atoms with van der Waals surface area (Å²) >= 11 is 0. The highest BCUT2D eigenvalue weighted by molar-refractivity contribution is 5.73. The maximum atomic E-state index is 10.4. The monoisotopic (exact) mass is 216 g/mol. The number of nitrogens with two attached hydrogens (primary N) is 2. The summed E-state index contributed by atoms with van der Waals surface area (Å²) in [5.41, 5.74) is 10.00. The van der Waals surface area contributed by atoms with E-state index in [4.69, 9.17) is 11.5 Å². The molecule has 4 heteroatoms. The zero-order chi connectivity index (χ0) is 10.8. The molecule has 0 aliphatic rings. The van der Waals surface area contributed by atoms with E-state index in [9.17, 15) is 9.59 Å². The van der Waals surface area contributed by atoms with E-state index in [-0.39, 0.29) is 19.2 Å². The van der Waals surface area contributed by atoms with Crippen LogP contribution in [-0.2, 0) is 9.59 Å². The Balaban J connectivity index is 0. The minimum absolute atomic E-state index is 0. The van der Waals surface area contributed by atoms with Crippen LogP contribution in [0.25, 0.3) is 0 Å². The quantitative estimate of drug-likeness (QED) is 0.575. The van der Waals surface area contributed by atoms with E-state index in [2.05, 4.69) is 0 Å². The Hall–Kier alpha value is -1.06. The van der Waals surface area contributed by atoms with Gasteiger partial charge < -0.3 is 11.5 Å². The largest absolute Gasteiger partial charge is 0.370 e. The van der Waals surface area contributed by atoms with Gasteiger partial charge in [0.1, 0.15) is 0 Å². The molecule has 4 nitrogen and oxygen atoms in total. The van der Waals surface area contributed by atoms with E-state index in [0.29, 0.717) is 12.8 Å². The molecule has 0 spiro atoms. The van der Waals surface area contributed by atoms with Crippen LogP contribution in [0.5, 0.6) is 0 Å². The van der Waals surface area contributed by atoms with Crippen LogP contribution in [0.15, 0.2) is 0 Å². The molecule has 0 radical (unpaired) electrons. The molecule has 0 bridgehead atoms. The second-order valence-corrected chi connectivity index (χ2v) is 3.55. The van der Waals surface area contributed by atoms with E-state index in [1.54, 1.807) is 0 Å². The van der Waals surface area contributed by atoms with E-state index < -0.39 is 0 Å². The maximum absolute atomic E-state index is 10.4. The van der Waals surface area contributed by atoms with E-state index in [1.165, 1.54) is 0 Å². The third-order valence-electron chi connectivity index (χ3n) is 2.10. The topological polar surface area (TPSA) is 86.2 Å². The van der Waals surface area contributed by atoms with Crippen LogP contribution < -0.4 is 11.5 Å². The van der Waals surface area contributed by atoms with Crippen molar-refractivity contribution < 1.29 is 9.59 Å². The van der Waals surface area contributed by atoms with Crippen molar-refractivity contribution in [3.05, 3.63) is 0 Å². The third-order valence-corrected chi connectivity index (χ3v) is 2.10. The molecule has 0 aromatic heterocycles. The van der Waals surface area contributed by atoms with Crippen molar-refractivity contribution in [3.63, 3.8) is 0 Å². The molecule has 0 fully saturated rings. The SMILES string of the molecule is C.NC(=O)CCCCCCCCC(N)=O. The molecule has 0 saturated heterocycles. The van der Waals surface area contributed by atoms with E-state index >= 15 is 0 Å². The summed E-state index contributed by atoms with van der Waals surface area (Å²) in [7, 11) is 0. The van der Waals surface area contributed by atoms with Crippen molar-refractivity contribution in [2.45, 2.75) is 58.8 Å². The van der Waals surface area contributed by atoms with Crippen LogP contribution in [0, 0.1) is 0 Å². The molecule has 90 valence electrons. The van der Waals surface area contributed by atoms with Gasteiger partial charge in [-0.2, -0.15) is 0 Å². The van der Waals surface area contributed by atoms with Gasteiger partial charge in [0, 0.05) is 12.8 Å². The molecule has 0 aromatic carbocycles. The van der Waals surface area contributed by atoms with Crippen LogP contribution in [0.3, 0.4) is 0 Å². The standard InChI is InChI=1S/C10H20N2O2.CH4/c11-9(13)7-5-3-1-2-4-6-8-10(12)14;/h1-8H2,(H2,11,13)(H2,12,14);1H4. The van der Waals surface area contributed by atoms with E-state index in [1.807, 2.05) is 0 Å². The number of carbonyl (C=O) groups excluding carboxylic acids is 2. The number of unbranched alkanes of at least 4 members (excludes halogenated alkanes) is 5. The lowest BCUT2D eigenvalue weighted by Crippen LogP contribution is -2.09. The van der Waals surface area contributed by atoms with Gasteiger partial charge in [0.05, 0.1) is 0 Å². The Bertz CT molecular complexity index is 161. The van der Waals surface area contributed by atoms with Gasteiger partial charge in [-0.1, -0.05) is 33.1 Å². The molecule has 0 aromatic rings. The van der Waals surface area contributed by atoms with Gasteiger partial charge in [-0.15, -0.1) is 0 Å². The fraction of sp³-hybridized carbons (Fsp3) is 0.818. The number of carbonyl (C=O) groups is 2. The van der Waals surface area contributed by atoms with Crippen LogP contribution in [0.1, 0.15) is 58.8 Å². The van der Waals surface area contributed by atoms with Crippen molar-refractivity contribution in [2.24, 2.45) is 11.5 Å². The van der Waals surface area contributed by atoms with E-state index in [0.717, 1.165) is 38.5 Å². The molecule has 0 atom stereocenters. The first-order valence-electron chi connectivity index (χ1n) is 5.19. The summed E-state index contributed by atoms with van der Waals surface area (Å²) in [6, 6.07) is 0. The highest BCUT2D eigenvalue weighted by Crippen LogP contribution is 2.07. The van der Waals surface area contributed by atoms with Gasteiger partial charge in [-0.05, 0) is 12.8 Å². The van der Waals surface area contributed by atoms with Crippen molar-refractivity contribution in [1.29, 1.82) is 0 Å². The van der Waals surface area contributed by atoms with Crippen molar-refractivity contribution in [3.8, 4) is 0 Å². The zero-order valence-corrected chi connectivity index (χ0v) is 8.63. The molecule has 4 N–H and O–H groups in total. The second-order valence-electron chi connectivity index (χ2n) is 3.55. The third kappa shape index (κ3) is 15.7. The number of hydrogen-bond donors (Lipinski definition) is 2. The number of hydrogen-bond acceptors (Lipinski definition) is 2. The Morgan fingerprint density at radius 2 is 0.933 bits per heavy atom. The zero-order valence-electron chi connectivity index (χ0n) is 8.63. The lowest BCUT2D eigenvalue weighted by Gasteiger charge is -1.99. The Kier molecular flexibility index (Phi) is 12.0. The molecule has 0 rings (SSSR count). The number of amides is 2. The fourth-order valence-corrected chi connectivity index (χ4v) is 1.31. The second kappa shape index (κ2) is 11.0. The summed E-state index contributed by atoms with van der Waals surface area (Å²) in [5.74, 6) is -0.447. The highest BCUT2D eigenvalue weighted by atomic mass is 16.1. The lowest BCUT2D eigenvalue weighted by atomic mass is 10.1. The minimum atomic E-state index is -0.223. The molecule has 15 heavy (non-hydrogen) atoms. The summed E-state index contributed by atoms with van der Waals surface area (Å²) in [6.45, 7) is 0. The number of primary amides is 2. The average molecular weight is 216 g/mol. The molecule has 0 unspecified atom stereocenters. The average Bonchev–Trinajstić information content (AvgIpc) is 2.08. The van der Waals surface area contributed by atoms with Gasteiger partial charge in [0.25, 0.3) is 0 Å². The summed E-state index contributed by atoms with van der Waals surface area (Å²) in [5, 5.41) is 0. The minimum Gasteiger partial charge on any atom is -0.370 e. The molecule has 0 saturated carbocycles. The molecule has 0 aliphatic heterocycles. The first kappa shape index (κ1) is 16.4. The summed E-state index contributed by atoms with van der Waals surface area (Å²) in [6.07, 6.45) is 7.02. The molecular formula is C11H24N2O2. The van der Waals surface area contributed by atoms with Gasteiger partial charge in [0.15, 0.2) is 0 Å². The van der Waals surface area contributed by atoms with Gasteiger partial charge in [-0.25, -0.2) is 0 Å². The van der Waals surface area contributed by atoms with Crippen molar-refractivity contribution in [2.75, 3.05) is 0 Å². The van der Waals surface area contributed by atoms with Crippen LogP contribution >= 0.6 is 0 Å². The normalized spacial score (nSPS) is 9.33. The van der Waals surface area contributed by atoms with Gasteiger partial charge >= 0.3 is 0 Å². The summed E-state index contributed by atoms with van der Waals surface area (Å²) < 4.78 is 0. The number of rotatable bonds is 9. The van der Waals surface area contributed by atoms with Crippen molar-refractivity contribution >= 4 is 11.8 Å².